The number of benzene rings is 3. The van der Waals surface area contributed by atoms with Gasteiger partial charge < -0.3 is 0 Å². The van der Waals surface area contributed by atoms with E-state index in [4.69, 9.17) is 0 Å². The predicted molar refractivity (Wildman–Crippen MR) is 114 cm³/mol. The van der Waals surface area contributed by atoms with E-state index in [0.717, 1.165) is 12.3 Å². The fourth-order valence-corrected chi connectivity index (χ4v) is 4.15. The Morgan fingerprint density at radius 1 is 0.706 bits per heavy atom. The fourth-order valence-electron chi connectivity index (χ4n) is 3.48. The van der Waals surface area contributed by atoms with E-state index < -0.39 is 39.1 Å². The van der Waals surface area contributed by atoms with Gasteiger partial charge in [-0.05, 0) is 35.4 Å². The SMILES string of the molecule is CS(=O)(=O)c1cccc(-c2cccc(-c3nc(C(F)(F)F)nc4c(C(F)(F)F)cccc34)c2)c1. The zero-order valence-electron chi connectivity index (χ0n) is 17.2. The Bertz CT molecular complexity index is 1510. The first-order chi connectivity index (χ1) is 15.7. The molecule has 0 fully saturated rings. The Morgan fingerprint density at radius 2 is 1.29 bits per heavy atom. The van der Waals surface area contributed by atoms with Crippen LogP contribution in [0.4, 0.5) is 26.3 Å². The van der Waals surface area contributed by atoms with Gasteiger partial charge >= 0.3 is 12.4 Å². The van der Waals surface area contributed by atoms with Crippen molar-refractivity contribution in [3.63, 3.8) is 0 Å². The number of sulfone groups is 1. The Labute approximate surface area is 189 Å². The summed E-state index contributed by atoms with van der Waals surface area (Å²) >= 11 is 0. The molecule has 0 amide bonds. The zero-order valence-corrected chi connectivity index (χ0v) is 18.1. The van der Waals surface area contributed by atoms with Gasteiger partial charge in [-0.25, -0.2) is 18.4 Å². The minimum atomic E-state index is -5.08. The summed E-state index contributed by atoms with van der Waals surface area (Å²) < 4.78 is 105. The molecule has 4 rings (SSSR count). The Balaban J connectivity index is 1.98. The third-order valence-corrected chi connectivity index (χ3v) is 6.13. The van der Waals surface area contributed by atoms with Gasteiger partial charge in [0.1, 0.15) is 0 Å². The van der Waals surface area contributed by atoms with Gasteiger partial charge in [0.05, 0.1) is 21.7 Å². The number of halogens is 6. The van der Waals surface area contributed by atoms with Crippen LogP contribution in [0.25, 0.3) is 33.3 Å². The molecule has 0 aliphatic rings. The van der Waals surface area contributed by atoms with Crippen LogP contribution in [-0.4, -0.2) is 24.6 Å². The lowest BCUT2D eigenvalue weighted by Crippen LogP contribution is -2.14. The monoisotopic (exact) mass is 496 g/mol. The highest BCUT2D eigenvalue weighted by Crippen LogP contribution is 2.39. The number of hydrogen-bond donors (Lipinski definition) is 0. The maximum Gasteiger partial charge on any atom is 0.451 e. The van der Waals surface area contributed by atoms with Gasteiger partial charge in [0.15, 0.2) is 9.84 Å². The van der Waals surface area contributed by atoms with E-state index in [1.165, 1.54) is 42.5 Å². The van der Waals surface area contributed by atoms with Crippen LogP contribution in [0.5, 0.6) is 0 Å². The number of hydrogen-bond acceptors (Lipinski definition) is 4. The normalized spacial score (nSPS) is 12.8. The van der Waals surface area contributed by atoms with Crippen molar-refractivity contribution in [2.45, 2.75) is 17.2 Å². The molecule has 0 radical (unpaired) electrons. The quantitative estimate of drug-likeness (QED) is 0.308. The second kappa shape index (κ2) is 8.08. The molecule has 4 nitrogen and oxygen atoms in total. The van der Waals surface area contributed by atoms with E-state index in [0.29, 0.717) is 17.2 Å². The molecule has 0 atom stereocenters. The maximum absolute atomic E-state index is 13.5. The first-order valence-corrected chi connectivity index (χ1v) is 11.5. The largest absolute Gasteiger partial charge is 0.451 e. The lowest BCUT2D eigenvalue weighted by molar-refractivity contribution is -0.145. The van der Waals surface area contributed by atoms with Crippen molar-refractivity contribution < 1.29 is 34.8 Å². The van der Waals surface area contributed by atoms with Crippen LogP contribution < -0.4 is 0 Å². The zero-order chi connectivity index (χ0) is 24.9. The Kier molecular flexibility index (Phi) is 5.63. The molecule has 0 aliphatic carbocycles. The Hall–Kier alpha value is -3.47. The summed E-state index contributed by atoms with van der Waals surface area (Å²) in [5.74, 6) is -1.70. The van der Waals surface area contributed by atoms with Gasteiger partial charge in [0.25, 0.3) is 0 Å². The van der Waals surface area contributed by atoms with Gasteiger partial charge in [-0.15, -0.1) is 0 Å². The standard InChI is InChI=1S/C23H14F6N2O2S/c1-34(32,33)16-8-3-6-14(12-16)13-5-2-7-15(11-13)19-17-9-4-10-18(22(24,25)26)20(17)31-21(30-19)23(27,28)29/h2-12H,1H3. The minimum absolute atomic E-state index is 0.0389. The number of fused-ring (bicyclic) bond motifs is 1. The van der Waals surface area contributed by atoms with Crippen molar-refractivity contribution in [2.75, 3.05) is 6.26 Å². The van der Waals surface area contributed by atoms with Crippen LogP contribution in [-0.2, 0) is 22.2 Å². The summed E-state index contributed by atoms with van der Waals surface area (Å²) in [5.41, 5.74) is -1.50. The van der Waals surface area contributed by atoms with Gasteiger partial charge in [0.2, 0.25) is 5.82 Å². The summed E-state index contributed by atoms with van der Waals surface area (Å²) in [6, 6.07) is 14.8. The molecule has 1 aromatic heterocycles. The summed E-state index contributed by atoms with van der Waals surface area (Å²) in [6.45, 7) is 0. The van der Waals surface area contributed by atoms with Crippen molar-refractivity contribution in [2.24, 2.45) is 0 Å². The van der Waals surface area contributed by atoms with Gasteiger partial charge in [-0.2, -0.15) is 26.3 Å². The lowest BCUT2D eigenvalue weighted by atomic mass is 9.99. The predicted octanol–water partition coefficient (Wildman–Crippen LogP) is 6.40. The maximum atomic E-state index is 13.5. The highest BCUT2D eigenvalue weighted by atomic mass is 32.2. The van der Waals surface area contributed by atoms with E-state index in [1.807, 2.05) is 0 Å². The van der Waals surface area contributed by atoms with E-state index in [-0.39, 0.29) is 21.5 Å². The Morgan fingerprint density at radius 3 is 1.91 bits per heavy atom. The topological polar surface area (TPSA) is 59.9 Å². The second-order valence-electron chi connectivity index (χ2n) is 7.47. The molecule has 0 aliphatic heterocycles. The van der Waals surface area contributed by atoms with Crippen LogP contribution >= 0.6 is 0 Å². The van der Waals surface area contributed by atoms with Crippen LogP contribution in [0.15, 0.2) is 71.6 Å². The number of alkyl halides is 6. The molecule has 0 spiro atoms. The van der Waals surface area contributed by atoms with Crippen molar-refractivity contribution in [1.29, 1.82) is 0 Å². The van der Waals surface area contributed by atoms with Gasteiger partial charge in [0, 0.05) is 17.2 Å². The molecule has 0 saturated heterocycles. The average Bonchev–Trinajstić information content (AvgIpc) is 2.76. The summed E-state index contributed by atoms with van der Waals surface area (Å²) in [6.07, 6.45) is -8.97. The minimum Gasteiger partial charge on any atom is -0.224 e. The van der Waals surface area contributed by atoms with Crippen LogP contribution in [0.3, 0.4) is 0 Å². The first kappa shape index (κ1) is 23.7. The summed E-state index contributed by atoms with van der Waals surface area (Å²) in [5, 5.41) is -0.204. The number of rotatable bonds is 3. The molecule has 0 N–H and O–H groups in total. The van der Waals surface area contributed by atoms with Crippen molar-refractivity contribution in [1.82, 2.24) is 9.97 Å². The van der Waals surface area contributed by atoms with Crippen molar-refractivity contribution in [3.05, 3.63) is 78.1 Å². The molecule has 3 aromatic carbocycles. The third-order valence-electron chi connectivity index (χ3n) is 5.02. The second-order valence-corrected chi connectivity index (χ2v) is 9.49. The van der Waals surface area contributed by atoms with Crippen LogP contribution in [0.2, 0.25) is 0 Å². The lowest BCUT2D eigenvalue weighted by Gasteiger charge is -2.15. The van der Waals surface area contributed by atoms with Gasteiger partial charge in [-0.3, -0.25) is 0 Å². The molecule has 4 aromatic rings. The average molecular weight is 496 g/mol. The number of para-hydroxylation sites is 1. The fraction of sp³-hybridized carbons (Fsp3) is 0.130. The number of aromatic nitrogens is 2. The molecule has 0 saturated carbocycles. The molecule has 11 heteroatoms. The molecule has 1 heterocycles. The molecule has 0 unspecified atom stereocenters. The van der Waals surface area contributed by atoms with E-state index in [2.05, 4.69) is 9.97 Å². The van der Waals surface area contributed by atoms with Crippen molar-refractivity contribution >= 4 is 20.7 Å². The van der Waals surface area contributed by atoms with Crippen molar-refractivity contribution in [3.8, 4) is 22.4 Å². The smallest absolute Gasteiger partial charge is 0.224 e. The number of nitrogens with zero attached hydrogens (tertiary/aromatic N) is 2. The highest BCUT2D eigenvalue weighted by molar-refractivity contribution is 7.90. The highest BCUT2D eigenvalue weighted by Gasteiger charge is 2.38. The summed E-state index contributed by atoms with van der Waals surface area (Å²) in [4.78, 5) is 6.79. The molecule has 0 bridgehead atoms. The first-order valence-electron chi connectivity index (χ1n) is 9.61. The third kappa shape index (κ3) is 4.60. The van der Waals surface area contributed by atoms with E-state index >= 15 is 0 Å². The van der Waals surface area contributed by atoms with Crippen LogP contribution in [0, 0.1) is 0 Å². The van der Waals surface area contributed by atoms with Crippen LogP contribution in [0.1, 0.15) is 11.4 Å². The van der Waals surface area contributed by atoms with Gasteiger partial charge in [-0.1, -0.05) is 42.5 Å². The van der Waals surface area contributed by atoms with E-state index in [9.17, 15) is 34.8 Å². The molecule has 176 valence electrons. The van der Waals surface area contributed by atoms with E-state index in [1.54, 1.807) is 12.1 Å². The molecular formula is C23H14F6N2O2S. The molecular weight excluding hydrogens is 482 g/mol. The summed E-state index contributed by atoms with van der Waals surface area (Å²) in [7, 11) is -3.52. The molecule has 34 heavy (non-hydrogen) atoms.